The monoisotopic (exact) mass is 399 g/mol. The van der Waals surface area contributed by atoms with E-state index in [4.69, 9.17) is 9.15 Å². The number of ether oxygens (including phenoxy) is 1. The molecule has 0 fully saturated rings. The molecule has 0 N–H and O–H groups in total. The molecule has 29 heavy (non-hydrogen) atoms. The van der Waals surface area contributed by atoms with Gasteiger partial charge in [-0.1, -0.05) is 29.8 Å². The molecule has 2 aromatic carbocycles. The molecule has 0 aliphatic heterocycles. The average molecular weight is 399 g/mol. The Morgan fingerprint density at radius 1 is 0.966 bits per heavy atom. The highest BCUT2D eigenvalue weighted by Gasteiger charge is 2.27. The number of hydrogen-bond donors (Lipinski definition) is 0. The van der Waals surface area contributed by atoms with Crippen LogP contribution in [0.2, 0.25) is 0 Å². The molecule has 0 aliphatic carbocycles. The van der Waals surface area contributed by atoms with E-state index in [1.807, 2.05) is 31.2 Å². The predicted octanol–water partition coefficient (Wildman–Crippen LogP) is 5.34. The number of benzene rings is 2. The van der Waals surface area contributed by atoms with Crippen LogP contribution in [0.25, 0.3) is 33.9 Å². The number of hydrogen-bond acceptors (Lipinski definition) is 5. The summed E-state index contributed by atoms with van der Waals surface area (Å²) in [6.07, 6.45) is -4.36. The second-order valence-corrected chi connectivity index (χ2v) is 6.61. The van der Waals surface area contributed by atoms with E-state index in [0.29, 0.717) is 16.8 Å². The van der Waals surface area contributed by atoms with Crippen LogP contribution in [0.3, 0.4) is 0 Å². The van der Waals surface area contributed by atoms with Gasteiger partial charge in [-0.15, -0.1) is 10.2 Å². The van der Waals surface area contributed by atoms with Crippen LogP contribution >= 0.6 is 0 Å². The largest absolute Gasteiger partial charge is 0.415 e. The Balaban J connectivity index is 1.54. The zero-order valence-electron chi connectivity index (χ0n) is 15.4. The third-order valence-corrected chi connectivity index (χ3v) is 4.20. The van der Waals surface area contributed by atoms with E-state index < -0.39 is 12.8 Å². The lowest BCUT2D eigenvalue weighted by molar-refractivity contribution is -0.176. The van der Waals surface area contributed by atoms with Gasteiger partial charge in [0.2, 0.25) is 5.89 Å². The van der Waals surface area contributed by atoms with Crippen LogP contribution in [0, 0.1) is 6.92 Å². The standard InChI is InChI=1S/C21H16F3N3O2/c1-13-5-7-17-15(9-13)6-8-18(25-17)20-27-26-19(29-20)16-4-2-3-14(10-16)11-28-12-21(22,23)24/h2-10H,11-12H2,1H3. The summed E-state index contributed by atoms with van der Waals surface area (Å²) < 4.78 is 47.1. The second-order valence-electron chi connectivity index (χ2n) is 6.61. The molecule has 0 aliphatic rings. The summed E-state index contributed by atoms with van der Waals surface area (Å²) in [5.41, 5.74) is 3.67. The SMILES string of the molecule is Cc1ccc2nc(-c3nnc(-c4cccc(COCC(F)(F)F)c4)o3)ccc2c1. The van der Waals surface area contributed by atoms with Gasteiger partial charge in [-0.05, 0) is 42.8 Å². The first-order valence-corrected chi connectivity index (χ1v) is 8.82. The minimum Gasteiger partial charge on any atom is -0.415 e. The van der Waals surface area contributed by atoms with Crippen molar-refractivity contribution in [2.75, 3.05) is 6.61 Å². The van der Waals surface area contributed by atoms with Crippen LogP contribution in [0.15, 0.2) is 59.0 Å². The molecule has 5 nitrogen and oxygen atoms in total. The Morgan fingerprint density at radius 2 is 1.79 bits per heavy atom. The summed E-state index contributed by atoms with van der Waals surface area (Å²) in [7, 11) is 0. The van der Waals surface area contributed by atoms with E-state index in [-0.39, 0.29) is 18.4 Å². The van der Waals surface area contributed by atoms with Gasteiger partial charge in [0.15, 0.2) is 0 Å². The van der Waals surface area contributed by atoms with E-state index in [2.05, 4.69) is 15.2 Å². The van der Waals surface area contributed by atoms with E-state index in [0.717, 1.165) is 16.5 Å². The van der Waals surface area contributed by atoms with E-state index >= 15 is 0 Å². The van der Waals surface area contributed by atoms with Gasteiger partial charge in [-0.3, -0.25) is 0 Å². The third-order valence-electron chi connectivity index (χ3n) is 4.20. The Hall–Kier alpha value is -3.26. The van der Waals surface area contributed by atoms with Gasteiger partial charge in [0.1, 0.15) is 12.3 Å². The van der Waals surface area contributed by atoms with Crippen LogP contribution in [-0.2, 0) is 11.3 Å². The lowest BCUT2D eigenvalue weighted by atomic mass is 10.1. The highest BCUT2D eigenvalue weighted by atomic mass is 19.4. The summed E-state index contributed by atoms with van der Waals surface area (Å²) in [6, 6.07) is 16.4. The maximum atomic E-state index is 12.2. The maximum Gasteiger partial charge on any atom is 0.411 e. The second kappa shape index (κ2) is 7.63. The lowest BCUT2D eigenvalue weighted by Crippen LogP contribution is -2.16. The van der Waals surface area contributed by atoms with Crippen LogP contribution in [-0.4, -0.2) is 28.0 Å². The van der Waals surface area contributed by atoms with Crippen molar-refractivity contribution in [1.29, 1.82) is 0 Å². The molecule has 4 aromatic rings. The average Bonchev–Trinajstić information content (AvgIpc) is 3.17. The number of pyridine rings is 1. The van der Waals surface area contributed by atoms with Crippen molar-refractivity contribution in [3.05, 3.63) is 65.7 Å². The van der Waals surface area contributed by atoms with Gasteiger partial charge in [0, 0.05) is 10.9 Å². The molecule has 2 heterocycles. The lowest BCUT2D eigenvalue weighted by Gasteiger charge is -2.08. The van der Waals surface area contributed by atoms with Gasteiger partial charge in [0.25, 0.3) is 5.89 Å². The fraction of sp³-hybridized carbons (Fsp3) is 0.190. The Morgan fingerprint density at radius 3 is 2.62 bits per heavy atom. The Bertz CT molecular complexity index is 1160. The number of aromatic nitrogens is 3. The third kappa shape index (κ3) is 4.60. The summed E-state index contributed by atoms with van der Waals surface area (Å²) in [6.45, 7) is 0.551. The molecule has 2 aromatic heterocycles. The minimum absolute atomic E-state index is 0.167. The highest BCUT2D eigenvalue weighted by molar-refractivity contribution is 5.81. The van der Waals surface area contributed by atoms with E-state index in [1.54, 1.807) is 30.3 Å². The first-order chi connectivity index (χ1) is 13.9. The topological polar surface area (TPSA) is 61.0 Å². The molecule has 0 atom stereocenters. The molecular formula is C21H16F3N3O2. The van der Waals surface area contributed by atoms with Crippen molar-refractivity contribution in [1.82, 2.24) is 15.2 Å². The molecule has 148 valence electrons. The van der Waals surface area contributed by atoms with Crippen molar-refractivity contribution in [2.45, 2.75) is 19.7 Å². The molecule has 4 rings (SSSR count). The molecule has 0 saturated heterocycles. The first-order valence-electron chi connectivity index (χ1n) is 8.82. The quantitative estimate of drug-likeness (QED) is 0.453. The fourth-order valence-corrected chi connectivity index (χ4v) is 2.89. The van der Waals surface area contributed by atoms with Crippen LogP contribution in [0.1, 0.15) is 11.1 Å². The van der Waals surface area contributed by atoms with Gasteiger partial charge < -0.3 is 9.15 Å². The van der Waals surface area contributed by atoms with Gasteiger partial charge >= 0.3 is 6.18 Å². The molecule has 0 spiro atoms. The maximum absolute atomic E-state index is 12.2. The molecule has 0 unspecified atom stereocenters. The van der Waals surface area contributed by atoms with Gasteiger partial charge in [0.05, 0.1) is 12.1 Å². The molecule has 0 bridgehead atoms. The Labute approximate surface area is 164 Å². The van der Waals surface area contributed by atoms with Crippen LogP contribution < -0.4 is 0 Å². The first kappa shape index (κ1) is 19.1. The Kier molecular flexibility index (Phi) is 5.02. The van der Waals surface area contributed by atoms with Crippen LogP contribution in [0.4, 0.5) is 13.2 Å². The molecule has 0 radical (unpaired) electrons. The number of rotatable bonds is 5. The number of halogens is 3. The smallest absolute Gasteiger partial charge is 0.411 e. The van der Waals surface area contributed by atoms with Gasteiger partial charge in [-0.2, -0.15) is 13.2 Å². The summed E-state index contributed by atoms with van der Waals surface area (Å²) in [5, 5.41) is 9.11. The number of alkyl halides is 3. The van der Waals surface area contributed by atoms with E-state index in [1.165, 1.54) is 0 Å². The minimum atomic E-state index is -4.36. The summed E-state index contributed by atoms with van der Waals surface area (Å²) in [4.78, 5) is 4.55. The molecule has 0 amide bonds. The number of fused-ring (bicyclic) bond motifs is 1. The molecule has 8 heteroatoms. The zero-order valence-corrected chi connectivity index (χ0v) is 15.4. The molecule has 0 saturated carbocycles. The normalized spacial score (nSPS) is 11.9. The highest BCUT2D eigenvalue weighted by Crippen LogP contribution is 2.26. The van der Waals surface area contributed by atoms with Crippen molar-refractivity contribution < 1.29 is 22.3 Å². The number of aryl methyl sites for hydroxylation is 1. The van der Waals surface area contributed by atoms with Crippen molar-refractivity contribution >= 4 is 10.9 Å². The predicted molar refractivity (Wildman–Crippen MR) is 101 cm³/mol. The summed E-state index contributed by atoms with van der Waals surface area (Å²) in [5.74, 6) is 0.518. The summed E-state index contributed by atoms with van der Waals surface area (Å²) >= 11 is 0. The fourth-order valence-electron chi connectivity index (χ4n) is 2.89. The number of nitrogens with zero attached hydrogens (tertiary/aromatic N) is 3. The van der Waals surface area contributed by atoms with Gasteiger partial charge in [-0.25, -0.2) is 4.98 Å². The molecular weight excluding hydrogens is 383 g/mol. The van der Waals surface area contributed by atoms with Crippen LogP contribution in [0.5, 0.6) is 0 Å². The van der Waals surface area contributed by atoms with Crippen molar-refractivity contribution in [3.8, 4) is 23.0 Å². The van der Waals surface area contributed by atoms with E-state index in [9.17, 15) is 13.2 Å². The zero-order chi connectivity index (χ0) is 20.4. The van der Waals surface area contributed by atoms with Crippen molar-refractivity contribution in [2.24, 2.45) is 0 Å². The van der Waals surface area contributed by atoms with Crippen molar-refractivity contribution in [3.63, 3.8) is 0 Å².